The zero-order chi connectivity index (χ0) is 13.3. The molecule has 0 aliphatic carbocycles. The third-order valence-electron chi connectivity index (χ3n) is 2.99. The van der Waals surface area contributed by atoms with Crippen molar-refractivity contribution in [3.05, 3.63) is 28.3 Å². The van der Waals surface area contributed by atoms with Crippen molar-refractivity contribution < 1.29 is 17.9 Å². The third-order valence-corrected chi connectivity index (χ3v) is 3.21. The molecule has 1 aromatic carbocycles. The summed E-state index contributed by atoms with van der Waals surface area (Å²) < 4.78 is 43.6. The number of rotatable bonds is 3. The first-order valence-electron chi connectivity index (χ1n) is 5.60. The molecule has 100 valence electrons. The van der Waals surface area contributed by atoms with Crippen LogP contribution in [0.3, 0.4) is 0 Å². The number of nitrogens with one attached hydrogen (secondary N) is 1. The molecule has 1 atom stereocenters. The molecule has 1 aromatic rings. The third kappa shape index (κ3) is 2.72. The van der Waals surface area contributed by atoms with Gasteiger partial charge in [0, 0.05) is 17.9 Å². The number of hydrogen-bond donors (Lipinski definition) is 1. The molecule has 0 saturated heterocycles. The number of benzene rings is 1. The molecule has 2 nitrogen and oxygen atoms in total. The summed E-state index contributed by atoms with van der Waals surface area (Å²) in [6, 6.07) is 1.70. The second-order valence-electron chi connectivity index (χ2n) is 4.24. The van der Waals surface area contributed by atoms with Gasteiger partial charge >= 0.3 is 6.18 Å². The van der Waals surface area contributed by atoms with E-state index < -0.39 is 12.2 Å². The lowest BCUT2D eigenvalue weighted by molar-refractivity contribution is -0.154. The summed E-state index contributed by atoms with van der Waals surface area (Å²) in [4.78, 5) is 0. The molecule has 6 heteroatoms. The van der Waals surface area contributed by atoms with Crippen LogP contribution in [-0.4, -0.2) is 25.9 Å². The fourth-order valence-electron chi connectivity index (χ4n) is 2.10. The Labute approximate surface area is 108 Å². The Kier molecular flexibility index (Phi) is 3.73. The topological polar surface area (TPSA) is 21.3 Å². The van der Waals surface area contributed by atoms with Crippen LogP contribution in [0.25, 0.3) is 0 Å². The summed E-state index contributed by atoms with van der Waals surface area (Å²) in [5.41, 5.74) is 1.39. The normalized spacial score (nSPS) is 16.3. The average molecular weight is 280 g/mol. The minimum atomic E-state index is -4.29. The number of fused-ring (bicyclic) bond motifs is 1. The van der Waals surface area contributed by atoms with Gasteiger partial charge in [-0.2, -0.15) is 13.2 Å². The summed E-state index contributed by atoms with van der Waals surface area (Å²) >= 11 is 5.91. The first-order chi connectivity index (χ1) is 8.41. The van der Waals surface area contributed by atoms with Gasteiger partial charge in [-0.15, -0.1) is 0 Å². The number of ether oxygens (including phenoxy) is 1. The van der Waals surface area contributed by atoms with Gasteiger partial charge < -0.3 is 10.1 Å². The molecule has 1 unspecified atom stereocenters. The van der Waals surface area contributed by atoms with E-state index in [2.05, 4.69) is 5.32 Å². The van der Waals surface area contributed by atoms with E-state index in [9.17, 15) is 13.2 Å². The van der Waals surface area contributed by atoms with Crippen LogP contribution in [0.1, 0.15) is 11.1 Å². The molecule has 2 rings (SSSR count). The highest BCUT2D eigenvalue weighted by molar-refractivity contribution is 6.30. The Morgan fingerprint density at radius 2 is 2.17 bits per heavy atom. The molecule has 0 bridgehead atoms. The SMILES string of the molecule is CNC(Cc1cc(Cl)cc2c1OCC2)C(F)(F)F. The zero-order valence-corrected chi connectivity index (χ0v) is 10.5. The fraction of sp³-hybridized carbons (Fsp3) is 0.500. The quantitative estimate of drug-likeness (QED) is 0.918. The lowest BCUT2D eigenvalue weighted by Crippen LogP contribution is -2.41. The number of likely N-dealkylation sites (N-methyl/N-ethyl adjacent to an activating group) is 1. The minimum absolute atomic E-state index is 0.178. The Bertz CT molecular complexity index is 448. The molecule has 0 amide bonds. The molecule has 0 radical (unpaired) electrons. The largest absolute Gasteiger partial charge is 0.493 e. The van der Waals surface area contributed by atoms with Crippen molar-refractivity contribution >= 4 is 11.6 Å². The molecule has 1 N–H and O–H groups in total. The van der Waals surface area contributed by atoms with Crippen LogP contribution < -0.4 is 10.1 Å². The van der Waals surface area contributed by atoms with Gasteiger partial charge in [0.15, 0.2) is 0 Å². The maximum atomic E-state index is 12.7. The summed E-state index contributed by atoms with van der Waals surface area (Å²) in [5, 5.41) is 2.73. The maximum Gasteiger partial charge on any atom is 0.404 e. The Hall–Kier alpha value is -0.940. The highest BCUT2D eigenvalue weighted by atomic mass is 35.5. The molecule has 1 heterocycles. The van der Waals surface area contributed by atoms with Crippen molar-refractivity contribution in [1.29, 1.82) is 0 Å². The molecular weight excluding hydrogens is 267 g/mol. The smallest absolute Gasteiger partial charge is 0.404 e. The van der Waals surface area contributed by atoms with E-state index in [1.807, 2.05) is 0 Å². The predicted octanol–water partition coefficient (Wildman–Crippen LogP) is 2.97. The van der Waals surface area contributed by atoms with E-state index in [-0.39, 0.29) is 6.42 Å². The molecule has 0 spiro atoms. The van der Waals surface area contributed by atoms with E-state index in [1.165, 1.54) is 7.05 Å². The van der Waals surface area contributed by atoms with E-state index in [4.69, 9.17) is 16.3 Å². The second-order valence-corrected chi connectivity index (χ2v) is 4.68. The summed E-state index contributed by atoms with van der Waals surface area (Å²) in [6.07, 6.45) is -3.77. The molecule has 0 aromatic heterocycles. The highest BCUT2D eigenvalue weighted by Crippen LogP contribution is 2.35. The molecule has 1 aliphatic heterocycles. The number of halogens is 4. The van der Waals surface area contributed by atoms with Crippen LogP contribution in [-0.2, 0) is 12.8 Å². The molecular formula is C12H13ClF3NO. The lowest BCUT2D eigenvalue weighted by atomic mass is 10.0. The molecule has 1 aliphatic rings. The summed E-state index contributed by atoms with van der Waals surface area (Å²) in [5.74, 6) is 0.559. The van der Waals surface area contributed by atoms with Gasteiger partial charge in [-0.05, 0) is 30.3 Å². The monoisotopic (exact) mass is 279 g/mol. The van der Waals surface area contributed by atoms with E-state index >= 15 is 0 Å². The summed E-state index contributed by atoms with van der Waals surface area (Å²) in [7, 11) is 1.30. The standard InChI is InChI=1S/C12H13ClF3NO/c1-17-10(12(14,15)16)6-8-5-9(13)4-7-2-3-18-11(7)8/h4-5,10,17H,2-3,6H2,1H3. The van der Waals surface area contributed by atoms with Crippen LogP contribution >= 0.6 is 11.6 Å². The Morgan fingerprint density at radius 1 is 1.44 bits per heavy atom. The van der Waals surface area contributed by atoms with Crippen molar-refractivity contribution in [3.63, 3.8) is 0 Å². The van der Waals surface area contributed by atoms with Gasteiger partial charge in [0.05, 0.1) is 6.61 Å². The molecule has 0 fully saturated rings. The second kappa shape index (κ2) is 4.97. The van der Waals surface area contributed by atoms with Gasteiger partial charge in [0.1, 0.15) is 11.8 Å². The van der Waals surface area contributed by atoms with Crippen LogP contribution in [0, 0.1) is 0 Å². The van der Waals surface area contributed by atoms with Crippen molar-refractivity contribution in [2.24, 2.45) is 0 Å². The van der Waals surface area contributed by atoms with Gasteiger partial charge in [-0.3, -0.25) is 0 Å². The van der Waals surface area contributed by atoms with Gasteiger partial charge in [0.25, 0.3) is 0 Å². The van der Waals surface area contributed by atoms with Gasteiger partial charge in [0.2, 0.25) is 0 Å². The molecule has 18 heavy (non-hydrogen) atoms. The Balaban J connectivity index is 2.29. The van der Waals surface area contributed by atoms with Crippen LogP contribution in [0.5, 0.6) is 5.75 Å². The van der Waals surface area contributed by atoms with Crippen LogP contribution in [0.4, 0.5) is 13.2 Å². The highest BCUT2D eigenvalue weighted by Gasteiger charge is 2.39. The predicted molar refractivity (Wildman–Crippen MR) is 63.3 cm³/mol. The first kappa shape index (κ1) is 13.5. The van der Waals surface area contributed by atoms with E-state index in [0.717, 1.165) is 5.56 Å². The molecule has 0 saturated carbocycles. The van der Waals surface area contributed by atoms with Crippen LogP contribution in [0.2, 0.25) is 5.02 Å². The van der Waals surface area contributed by atoms with Crippen molar-refractivity contribution in [2.45, 2.75) is 25.1 Å². The summed E-state index contributed by atoms with van der Waals surface area (Å²) in [6.45, 7) is 0.499. The number of alkyl halides is 3. The van der Waals surface area contributed by atoms with Crippen molar-refractivity contribution in [3.8, 4) is 5.75 Å². The number of hydrogen-bond acceptors (Lipinski definition) is 2. The van der Waals surface area contributed by atoms with Gasteiger partial charge in [-0.1, -0.05) is 11.6 Å². The first-order valence-corrected chi connectivity index (χ1v) is 5.97. The minimum Gasteiger partial charge on any atom is -0.493 e. The van der Waals surface area contributed by atoms with Crippen LogP contribution in [0.15, 0.2) is 12.1 Å². The van der Waals surface area contributed by atoms with E-state index in [1.54, 1.807) is 12.1 Å². The maximum absolute atomic E-state index is 12.7. The van der Waals surface area contributed by atoms with Gasteiger partial charge in [-0.25, -0.2) is 0 Å². The average Bonchev–Trinajstić information content (AvgIpc) is 2.71. The Morgan fingerprint density at radius 3 is 2.78 bits per heavy atom. The zero-order valence-electron chi connectivity index (χ0n) is 9.77. The van der Waals surface area contributed by atoms with Crippen molar-refractivity contribution in [1.82, 2.24) is 5.32 Å². The van der Waals surface area contributed by atoms with E-state index in [0.29, 0.717) is 29.4 Å². The van der Waals surface area contributed by atoms with Crippen molar-refractivity contribution in [2.75, 3.05) is 13.7 Å². The fourth-order valence-corrected chi connectivity index (χ4v) is 2.36. The lowest BCUT2D eigenvalue weighted by Gasteiger charge is -2.20.